The molecule has 0 spiro atoms. The monoisotopic (exact) mass is 257 g/mol. The normalized spacial score (nSPS) is 27.6. The zero-order chi connectivity index (χ0) is 13.3. The number of pyridine rings is 1. The zero-order valence-electron chi connectivity index (χ0n) is 11.2. The third kappa shape index (κ3) is 2.24. The lowest BCUT2D eigenvalue weighted by Gasteiger charge is -2.36. The molecular formula is C16H19NO2. The van der Waals surface area contributed by atoms with Crippen LogP contribution in [0.25, 0.3) is 10.9 Å². The van der Waals surface area contributed by atoms with Crippen molar-refractivity contribution in [2.75, 3.05) is 7.11 Å². The van der Waals surface area contributed by atoms with Gasteiger partial charge in [0.1, 0.15) is 0 Å². The highest BCUT2D eigenvalue weighted by Gasteiger charge is 2.36. The summed E-state index contributed by atoms with van der Waals surface area (Å²) in [6, 6.07) is 10.0. The largest absolute Gasteiger partial charge is 0.385 e. The van der Waals surface area contributed by atoms with Crippen molar-refractivity contribution in [3.05, 3.63) is 42.1 Å². The molecule has 100 valence electrons. The van der Waals surface area contributed by atoms with Gasteiger partial charge in [0.25, 0.3) is 0 Å². The molecule has 1 saturated carbocycles. The minimum atomic E-state index is -0.761. The third-order valence-electron chi connectivity index (χ3n) is 4.23. The summed E-state index contributed by atoms with van der Waals surface area (Å²) in [7, 11) is 1.74. The number of aliphatic hydroxyl groups is 1. The zero-order valence-corrected chi connectivity index (χ0v) is 11.2. The van der Waals surface area contributed by atoms with Crippen LogP contribution in [0, 0.1) is 0 Å². The molecule has 0 aliphatic heterocycles. The predicted octanol–water partition coefficient (Wildman–Crippen LogP) is 3.01. The Kier molecular flexibility index (Phi) is 3.25. The fraction of sp³-hybridized carbons (Fsp3) is 0.438. The Balaban J connectivity index is 2.00. The average molecular weight is 257 g/mol. The summed E-state index contributed by atoms with van der Waals surface area (Å²) in [5.41, 5.74) is 1.12. The van der Waals surface area contributed by atoms with E-state index in [1.165, 1.54) is 0 Å². The molecule has 2 aromatic rings. The van der Waals surface area contributed by atoms with Crippen molar-refractivity contribution in [2.24, 2.45) is 0 Å². The smallest absolute Gasteiger partial charge is 0.0919 e. The quantitative estimate of drug-likeness (QED) is 0.899. The summed E-state index contributed by atoms with van der Waals surface area (Å²) in [5.74, 6) is 0. The number of hydrogen-bond acceptors (Lipinski definition) is 3. The third-order valence-corrected chi connectivity index (χ3v) is 4.23. The molecule has 3 nitrogen and oxygen atoms in total. The second-order valence-electron chi connectivity index (χ2n) is 5.35. The summed E-state index contributed by atoms with van der Waals surface area (Å²) in [4.78, 5) is 4.45. The minimum absolute atomic E-state index is 0.281. The van der Waals surface area contributed by atoms with Crippen LogP contribution in [0.15, 0.2) is 36.5 Å². The molecule has 1 aromatic carbocycles. The Morgan fingerprint density at radius 2 is 1.95 bits per heavy atom. The first-order valence-corrected chi connectivity index (χ1v) is 6.82. The highest BCUT2D eigenvalue weighted by molar-refractivity contribution is 5.82. The minimum Gasteiger partial charge on any atom is -0.385 e. The van der Waals surface area contributed by atoms with Crippen molar-refractivity contribution in [2.45, 2.75) is 37.4 Å². The SMILES string of the molecule is COC1CCC(O)(c2cccc3cccnc23)CC1. The van der Waals surface area contributed by atoms with E-state index < -0.39 is 5.60 Å². The van der Waals surface area contributed by atoms with E-state index in [0.717, 1.165) is 42.1 Å². The van der Waals surface area contributed by atoms with E-state index in [0.29, 0.717) is 0 Å². The molecule has 1 aromatic heterocycles. The van der Waals surface area contributed by atoms with Gasteiger partial charge in [-0.15, -0.1) is 0 Å². The molecule has 0 atom stereocenters. The van der Waals surface area contributed by atoms with Crippen LogP contribution >= 0.6 is 0 Å². The number of rotatable bonds is 2. The number of benzene rings is 1. The fourth-order valence-corrected chi connectivity index (χ4v) is 3.05. The number of nitrogens with zero attached hydrogens (tertiary/aromatic N) is 1. The summed E-state index contributed by atoms with van der Waals surface area (Å²) in [6.45, 7) is 0. The van der Waals surface area contributed by atoms with Crippen LogP contribution in [-0.2, 0) is 10.3 Å². The van der Waals surface area contributed by atoms with Crippen molar-refractivity contribution in [1.29, 1.82) is 0 Å². The van der Waals surface area contributed by atoms with E-state index in [-0.39, 0.29) is 6.10 Å². The van der Waals surface area contributed by atoms with Crippen molar-refractivity contribution >= 4 is 10.9 Å². The highest BCUT2D eigenvalue weighted by atomic mass is 16.5. The second-order valence-corrected chi connectivity index (χ2v) is 5.35. The van der Waals surface area contributed by atoms with E-state index in [1.54, 1.807) is 13.3 Å². The van der Waals surface area contributed by atoms with Crippen LogP contribution in [0.3, 0.4) is 0 Å². The maximum atomic E-state index is 11.0. The van der Waals surface area contributed by atoms with Gasteiger partial charge >= 0.3 is 0 Å². The van der Waals surface area contributed by atoms with Crippen LogP contribution in [0.5, 0.6) is 0 Å². The number of fused-ring (bicyclic) bond motifs is 1. The molecular weight excluding hydrogens is 238 g/mol. The second kappa shape index (κ2) is 4.91. The Morgan fingerprint density at radius 3 is 2.68 bits per heavy atom. The first-order valence-electron chi connectivity index (χ1n) is 6.82. The van der Waals surface area contributed by atoms with Crippen molar-refractivity contribution < 1.29 is 9.84 Å². The molecule has 0 amide bonds. The van der Waals surface area contributed by atoms with Crippen LogP contribution in [-0.4, -0.2) is 23.3 Å². The van der Waals surface area contributed by atoms with Gasteiger partial charge in [0.2, 0.25) is 0 Å². The summed E-state index contributed by atoms with van der Waals surface area (Å²) in [5, 5.41) is 12.0. The first kappa shape index (κ1) is 12.6. The number of aromatic nitrogens is 1. The Hall–Kier alpha value is -1.45. The van der Waals surface area contributed by atoms with Gasteiger partial charge in [-0.25, -0.2) is 0 Å². The molecule has 0 unspecified atom stereocenters. The Labute approximate surface area is 113 Å². The van der Waals surface area contributed by atoms with E-state index in [4.69, 9.17) is 4.74 Å². The lowest BCUT2D eigenvalue weighted by molar-refractivity contribution is -0.0466. The molecule has 1 N–H and O–H groups in total. The van der Waals surface area contributed by atoms with E-state index >= 15 is 0 Å². The Bertz CT molecular complexity index is 568. The van der Waals surface area contributed by atoms with Crippen molar-refractivity contribution in [3.63, 3.8) is 0 Å². The molecule has 1 heterocycles. The first-order chi connectivity index (χ1) is 9.23. The standard InChI is InChI=1S/C16H19NO2/c1-19-13-7-9-16(18,10-8-13)14-6-2-4-12-5-3-11-17-15(12)14/h2-6,11,13,18H,7-10H2,1H3. The van der Waals surface area contributed by atoms with Crippen LogP contribution in [0.2, 0.25) is 0 Å². The van der Waals surface area contributed by atoms with Gasteiger partial charge in [-0.3, -0.25) is 4.98 Å². The van der Waals surface area contributed by atoms with Gasteiger partial charge in [0, 0.05) is 24.3 Å². The average Bonchev–Trinajstić information content (AvgIpc) is 2.47. The van der Waals surface area contributed by atoms with E-state index in [1.807, 2.05) is 30.3 Å². The maximum absolute atomic E-state index is 11.0. The van der Waals surface area contributed by atoms with Gasteiger partial charge in [-0.1, -0.05) is 24.3 Å². The van der Waals surface area contributed by atoms with E-state index in [2.05, 4.69) is 4.98 Å². The van der Waals surface area contributed by atoms with Gasteiger partial charge < -0.3 is 9.84 Å². The number of methoxy groups -OCH3 is 1. The molecule has 0 bridgehead atoms. The van der Waals surface area contributed by atoms with Gasteiger partial charge in [0.15, 0.2) is 0 Å². The van der Waals surface area contributed by atoms with Crippen molar-refractivity contribution in [3.8, 4) is 0 Å². The van der Waals surface area contributed by atoms with Crippen LogP contribution < -0.4 is 0 Å². The molecule has 1 aliphatic rings. The molecule has 19 heavy (non-hydrogen) atoms. The van der Waals surface area contributed by atoms with Gasteiger partial charge in [-0.05, 0) is 31.7 Å². The Morgan fingerprint density at radius 1 is 1.21 bits per heavy atom. The van der Waals surface area contributed by atoms with Crippen molar-refractivity contribution in [1.82, 2.24) is 4.98 Å². The number of para-hydroxylation sites is 1. The molecule has 1 aliphatic carbocycles. The number of hydrogen-bond donors (Lipinski definition) is 1. The lowest BCUT2D eigenvalue weighted by atomic mass is 9.78. The van der Waals surface area contributed by atoms with E-state index in [9.17, 15) is 5.11 Å². The van der Waals surface area contributed by atoms with Crippen LogP contribution in [0.4, 0.5) is 0 Å². The molecule has 3 heteroatoms. The summed E-state index contributed by atoms with van der Waals surface area (Å²) in [6.07, 6.45) is 5.34. The molecule has 0 saturated heterocycles. The molecule has 1 fully saturated rings. The summed E-state index contributed by atoms with van der Waals surface area (Å²) < 4.78 is 5.38. The molecule has 3 rings (SSSR count). The molecule has 0 radical (unpaired) electrons. The number of ether oxygens (including phenoxy) is 1. The fourth-order valence-electron chi connectivity index (χ4n) is 3.05. The predicted molar refractivity (Wildman–Crippen MR) is 74.9 cm³/mol. The van der Waals surface area contributed by atoms with Gasteiger partial charge in [-0.2, -0.15) is 0 Å². The maximum Gasteiger partial charge on any atom is 0.0919 e. The van der Waals surface area contributed by atoms with Crippen LogP contribution in [0.1, 0.15) is 31.2 Å². The van der Waals surface area contributed by atoms with Gasteiger partial charge in [0.05, 0.1) is 17.2 Å². The summed E-state index contributed by atoms with van der Waals surface area (Å²) >= 11 is 0. The lowest BCUT2D eigenvalue weighted by Crippen LogP contribution is -2.34. The highest BCUT2D eigenvalue weighted by Crippen LogP contribution is 2.40. The topological polar surface area (TPSA) is 42.4 Å².